The van der Waals surface area contributed by atoms with E-state index in [1.54, 1.807) is 0 Å². The number of benzene rings is 1. The normalized spacial score (nSPS) is 25.8. The fraction of sp³-hybridized carbons (Fsp3) is 0.640. The first kappa shape index (κ1) is 26.4. The molecule has 0 bridgehead atoms. The molecule has 0 aliphatic carbocycles. The van der Waals surface area contributed by atoms with E-state index in [1.807, 2.05) is 42.8 Å². The molecule has 1 aromatic heterocycles. The third-order valence-corrected chi connectivity index (χ3v) is 6.37. The molecule has 9 nitrogen and oxygen atoms in total. The van der Waals surface area contributed by atoms with Crippen molar-refractivity contribution < 1.29 is 34.6 Å². The summed E-state index contributed by atoms with van der Waals surface area (Å²) < 4.78 is 19.1. The molecule has 4 N–H and O–H groups in total. The van der Waals surface area contributed by atoms with Gasteiger partial charge in [0.05, 0.1) is 19.3 Å². The van der Waals surface area contributed by atoms with Crippen molar-refractivity contribution in [1.29, 1.82) is 0 Å². The third-order valence-electron chi connectivity index (χ3n) is 6.37. The van der Waals surface area contributed by atoms with Gasteiger partial charge in [-0.1, -0.05) is 32.4 Å². The second kappa shape index (κ2) is 12.0. The van der Waals surface area contributed by atoms with Crippen LogP contribution in [0.3, 0.4) is 0 Å². The molecule has 34 heavy (non-hydrogen) atoms. The summed E-state index contributed by atoms with van der Waals surface area (Å²) in [7, 11) is 0. The summed E-state index contributed by atoms with van der Waals surface area (Å²) in [4.78, 5) is 0. The highest BCUT2D eigenvalue weighted by molar-refractivity contribution is 5.38. The van der Waals surface area contributed by atoms with Crippen LogP contribution >= 0.6 is 0 Å². The van der Waals surface area contributed by atoms with Crippen molar-refractivity contribution in [3.05, 3.63) is 41.1 Å². The van der Waals surface area contributed by atoms with Crippen molar-refractivity contribution in [1.82, 2.24) is 9.78 Å². The maximum atomic E-state index is 10.5. The van der Waals surface area contributed by atoms with E-state index in [1.165, 1.54) is 0 Å². The van der Waals surface area contributed by atoms with Gasteiger partial charge in [-0.15, -0.1) is 5.10 Å². The number of ether oxygens (including phenoxy) is 3. The lowest BCUT2D eigenvalue weighted by atomic mass is 9.99. The Morgan fingerprint density at radius 3 is 2.35 bits per heavy atom. The zero-order valence-electron chi connectivity index (χ0n) is 20.4. The Kier molecular flexibility index (Phi) is 9.32. The van der Waals surface area contributed by atoms with Gasteiger partial charge in [0.25, 0.3) is 0 Å². The van der Waals surface area contributed by atoms with Gasteiger partial charge in [0.15, 0.2) is 0 Å². The summed E-state index contributed by atoms with van der Waals surface area (Å²) in [5.41, 5.74) is 2.83. The molecular formula is C25H38N2O7. The number of aromatic nitrogens is 2. The maximum Gasteiger partial charge on any atom is 0.239 e. The molecule has 2 aromatic rings. The maximum absolute atomic E-state index is 10.5. The lowest BCUT2D eigenvalue weighted by Crippen LogP contribution is -2.60. The average molecular weight is 479 g/mol. The van der Waals surface area contributed by atoms with Crippen molar-refractivity contribution in [3.8, 4) is 11.6 Å². The van der Waals surface area contributed by atoms with Crippen LogP contribution in [-0.4, -0.2) is 74.1 Å². The SMILES string of the molecule is CCCC(CC)n1nc(O[C@@H]2O[C@H](CO)[C@@H](O)C(O)[C@H]2O)c(Cc2ccc(OCC)cc2)c1C. The summed E-state index contributed by atoms with van der Waals surface area (Å²) in [5, 5.41) is 45.0. The lowest BCUT2D eigenvalue weighted by molar-refractivity contribution is -0.278. The van der Waals surface area contributed by atoms with Crippen LogP contribution in [0.15, 0.2) is 24.3 Å². The summed E-state index contributed by atoms with van der Waals surface area (Å²) in [6.45, 7) is 8.26. The molecule has 3 rings (SSSR count). The van der Waals surface area contributed by atoms with Gasteiger partial charge in [-0.05, 0) is 44.4 Å². The molecule has 0 saturated carbocycles. The highest BCUT2D eigenvalue weighted by Crippen LogP contribution is 2.32. The average Bonchev–Trinajstić information content (AvgIpc) is 3.13. The molecule has 6 atom stereocenters. The summed E-state index contributed by atoms with van der Waals surface area (Å²) in [6.07, 6.45) is -3.40. The van der Waals surface area contributed by atoms with Crippen molar-refractivity contribution in [2.45, 2.75) is 90.1 Å². The van der Waals surface area contributed by atoms with Crippen LogP contribution in [0.2, 0.25) is 0 Å². The minimum absolute atomic E-state index is 0.191. The second-order valence-corrected chi connectivity index (χ2v) is 8.73. The minimum atomic E-state index is -1.52. The van der Waals surface area contributed by atoms with Gasteiger partial charge in [0.1, 0.15) is 30.2 Å². The fourth-order valence-electron chi connectivity index (χ4n) is 4.36. The largest absolute Gasteiger partial charge is 0.494 e. The molecule has 0 amide bonds. The molecule has 2 heterocycles. The molecule has 2 unspecified atom stereocenters. The van der Waals surface area contributed by atoms with Gasteiger partial charge in [-0.25, -0.2) is 0 Å². The molecule has 9 heteroatoms. The standard InChI is InChI=1S/C25H38N2O7/c1-5-8-17(6-2)27-15(4)19(13-16-9-11-18(12-10-16)32-7-3)24(26-27)34-25-23(31)22(30)21(29)20(14-28)33-25/h9-12,17,20-23,25,28-31H,5-8,13-14H2,1-4H3/t17?,20-,21-,22?,23-,25+/m1/s1. The zero-order chi connectivity index (χ0) is 24.8. The Morgan fingerprint density at radius 2 is 1.76 bits per heavy atom. The fourth-order valence-corrected chi connectivity index (χ4v) is 4.36. The highest BCUT2D eigenvalue weighted by Gasteiger charge is 2.45. The Hall–Kier alpha value is -2.17. The van der Waals surface area contributed by atoms with E-state index in [-0.39, 0.29) is 6.04 Å². The third kappa shape index (κ3) is 5.72. The number of aliphatic hydroxyl groups is 4. The van der Waals surface area contributed by atoms with E-state index in [0.717, 1.165) is 41.8 Å². The second-order valence-electron chi connectivity index (χ2n) is 8.73. The molecule has 0 spiro atoms. The van der Waals surface area contributed by atoms with Crippen molar-refractivity contribution in [2.75, 3.05) is 13.2 Å². The first-order valence-electron chi connectivity index (χ1n) is 12.1. The van der Waals surface area contributed by atoms with Crippen LogP contribution in [0, 0.1) is 6.92 Å². The molecule has 1 aliphatic rings. The topological polar surface area (TPSA) is 126 Å². The first-order chi connectivity index (χ1) is 16.3. The van der Waals surface area contributed by atoms with E-state index >= 15 is 0 Å². The van der Waals surface area contributed by atoms with Crippen LogP contribution in [0.5, 0.6) is 11.6 Å². The van der Waals surface area contributed by atoms with Gasteiger partial charge < -0.3 is 34.6 Å². The van der Waals surface area contributed by atoms with E-state index < -0.39 is 37.3 Å². The molecule has 1 aromatic carbocycles. The van der Waals surface area contributed by atoms with E-state index in [4.69, 9.17) is 19.3 Å². The Labute approximate surface area is 200 Å². The summed E-state index contributed by atoms with van der Waals surface area (Å²) in [6, 6.07) is 8.01. The van der Waals surface area contributed by atoms with E-state index in [9.17, 15) is 20.4 Å². The summed E-state index contributed by atoms with van der Waals surface area (Å²) in [5.74, 6) is 1.09. The van der Waals surface area contributed by atoms with Gasteiger partial charge in [-0.3, -0.25) is 4.68 Å². The molecular weight excluding hydrogens is 440 g/mol. The van der Waals surface area contributed by atoms with Crippen molar-refractivity contribution in [2.24, 2.45) is 0 Å². The zero-order valence-corrected chi connectivity index (χ0v) is 20.4. The number of aliphatic hydroxyl groups excluding tert-OH is 4. The molecule has 0 radical (unpaired) electrons. The van der Waals surface area contributed by atoms with E-state index in [2.05, 4.69) is 13.8 Å². The Bertz CT molecular complexity index is 899. The van der Waals surface area contributed by atoms with Crippen LogP contribution in [-0.2, 0) is 11.2 Å². The molecule has 1 fully saturated rings. The monoisotopic (exact) mass is 478 g/mol. The van der Waals surface area contributed by atoms with Crippen molar-refractivity contribution in [3.63, 3.8) is 0 Å². The van der Waals surface area contributed by atoms with Gasteiger partial charge in [0, 0.05) is 17.7 Å². The quantitative estimate of drug-likeness (QED) is 0.387. The number of nitrogens with zero attached hydrogens (tertiary/aromatic N) is 2. The van der Waals surface area contributed by atoms with E-state index in [0.29, 0.717) is 18.9 Å². The predicted octanol–water partition coefficient (Wildman–Crippen LogP) is 2.11. The Morgan fingerprint density at radius 1 is 1.06 bits per heavy atom. The smallest absolute Gasteiger partial charge is 0.239 e. The van der Waals surface area contributed by atoms with Crippen LogP contribution in [0.4, 0.5) is 0 Å². The van der Waals surface area contributed by atoms with Crippen LogP contribution in [0.1, 0.15) is 62.9 Å². The van der Waals surface area contributed by atoms with Gasteiger partial charge >= 0.3 is 0 Å². The number of hydrogen-bond acceptors (Lipinski definition) is 8. The van der Waals surface area contributed by atoms with Crippen LogP contribution < -0.4 is 9.47 Å². The lowest BCUT2D eigenvalue weighted by Gasteiger charge is -2.39. The minimum Gasteiger partial charge on any atom is -0.494 e. The molecule has 1 aliphatic heterocycles. The highest BCUT2D eigenvalue weighted by atomic mass is 16.7. The predicted molar refractivity (Wildman–Crippen MR) is 126 cm³/mol. The van der Waals surface area contributed by atoms with Gasteiger partial charge in [0.2, 0.25) is 12.2 Å². The first-order valence-corrected chi connectivity index (χ1v) is 12.1. The Balaban J connectivity index is 1.94. The summed E-state index contributed by atoms with van der Waals surface area (Å²) >= 11 is 0. The number of rotatable bonds is 11. The van der Waals surface area contributed by atoms with Gasteiger partial charge in [-0.2, -0.15) is 0 Å². The number of hydrogen-bond donors (Lipinski definition) is 4. The molecule has 1 saturated heterocycles. The van der Waals surface area contributed by atoms with Crippen molar-refractivity contribution >= 4 is 0 Å². The molecule has 190 valence electrons. The van der Waals surface area contributed by atoms with Crippen LogP contribution in [0.25, 0.3) is 0 Å².